The minimum Gasteiger partial charge on any atom is -0.336 e. The summed E-state index contributed by atoms with van der Waals surface area (Å²) in [4.78, 5) is 16.7. The van der Waals surface area contributed by atoms with Crippen molar-refractivity contribution < 1.29 is 4.79 Å². The second-order valence-electron chi connectivity index (χ2n) is 4.80. The molecule has 2 bridgehead atoms. The molecule has 98 valence electrons. The first kappa shape index (κ1) is 12.0. The molecule has 0 aliphatic carbocycles. The maximum atomic E-state index is 11.7. The Morgan fingerprint density at radius 1 is 1.39 bits per heavy atom. The summed E-state index contributed by atoms with van der Waals surface area (Å²) in [5, 5.41) is 8.65. The van der Waals surface area contributed by atoms with Gasteiger partial charge in [-0.05, 0) is 17.5 Å². The van der Waals surface area contributed by atoms with Crippen LogP contribution >= 0.6 is 11.3 Å². The summed E-state index contributed by atoms with van der Waals surface area (Å²) < 4.78 is 0. The number of nitrogens with one attached hydrogen (secondary N) is 2. The highest BCUT2D eigenvalue weighted by atomic mass is 32.1. The van der Waals surface area contributed by atoms with Gasteiger partial charge in [-0.1, -0.05) is 0 Å². The van der Waals surface area contributed by atoms with Crippen LogP contribution in [0.3, 0.4) is 0 Å². The molecule has 1 unspecified atom stereocenters. The van der Waals surface area contributed by atoms with Crippen molar-refractivity contribution in [3.63, 3.8) is 0 Å². The molecule has 3 aliphatic heterocycles. The van der Waals surface area contributed by atoms with Gasteiger partial charge in [-0.3, -0.25) is 15.1 Å². The van der Waals surface area contributed by atoms with E-state index in [1.807, 2.05) is 17.5 Å². The Hall–Kier alpha value is -1.11. The predicted molar refractivity (Wildman–Crippen MR) is 73.1 cm³/mol. The number of hydrogen-bond donors (Lipinski definition) is 2. The topological polar surface area (TPSA) is 47.6 Å². The van der Waals surface area contributed by atoms with Crippen molar-refractivity contribution in [1.82, 2.24) is 15.1 Å². The maximum Gasteiger partial charge on any atom is 0.319 e. The van der Waals surface area contributed by atoms with Crippen LogP contribution in [-0.4, -0.2) is 61.1 Å². The maximum absolute atomic E-state index is 11.7. The van der Waals surface area contributed by atoms with E-state index < -0.39 is 0 Å². The van der Waals surface area contributed by atoms with E-state index in [9.17, 15) is 4.79 Å². The molecule has 1 aromatic rings. The van der Waals surface area contributed by atoms with E-state index >= 15 is 0 Å². The van der Waals surface area contributed by atoms with E-state index in [0.29, 0.717) is 6.04 Å². The minimum absolute atomic E-state index is 0.102. The van der Waals surface area contributed by atoms with Gasteiger partial charge in [-0.15, -0.1) is 11.3 Å². The molecular weight excluding hydrogens is 248 g/mol. The second-order valence-corrected chi connectivity index (χ2v) is 5.75. The molecule has 3 aliphatic rings. The normalized spacial score (nSPS) is 30.1. The van der Waals surface area contributed by atoms with Gasteiger partial charge in [0.05, 0.1) is 5.00 Å². The average Bonchev–Trinajstić information content (AvgIpc) is 2.91. The van der Waals surface area contributed by atoms with Gasteiger partial charge in [0.2, 0.25) is 0 Å². The molecule has 1 aromatic heterocycles. The van der Waals surface area contributed by atoms with Crippen molar-refractivity contribution in [1.29, 1.82) is 0 Å². The van der Waals surface area contributed by atoms with Gasteiger partial charge >= 0.3 is 6.03 Å². The SMILES string of the molecule is O=C(NCC1CN2CCN1CC2)Nc1cccs1. The molecule has 5 nitrogen and oxygen atoms in total. The Kier molecular flexibility index (Phi) is 3.49. The zero-order valence-electron chi connectivity index (χ0n) is 10.3. The molecule has 0 saturated carbocycles. The molecule has 1 atom stereocenters. The Morgan fingerprint density at radius 2 is 2.22 bits per heavy atom. The highest BCUT2D eigenvalue weighted by Gasteiger charge is 2.31. The molecule has 6 heteroatoms. The summed E-state index contributed by atoms with van der Waals surface area (Å²) in [5.74, 6) is 0. The van der Waals surface area contributed by atoms with E-state index in [1.165, 1.54) is 24.4 Å². The number of carbonyl (C=O) groups is 1. The molecule has 3 saturated heterocycles. The van der Waals surface area contributed by atoms with Crippen LogP contribution in [0.1, 0.15) is 0 Å². The van der Waals surface area contributed by atoms with Gasteiger partial charge in [0.15, 0.2) is 0 Å². The van der Waals surface area contributed by atoms with E-state index in [2.05, 4.69) is 20.4 Å². The molecule has 3 fully saturated rings. The van der Waals surface area contributed by atoms with Crippen LogP contribution in [-0.2, 0) is 0 Å². The first-order valence-corrected chi connectivity index (χ1v) is 7.24. The van der Waals surface area contributed by atoms with E-state index in [0.717, 1.165) is 31.2 Å². The minimum atomic E-state index is -0.102. The summed E-state index contributed by atoms with van der Waals surface area (Å²) in [6.07, 6.45) is 0. The fourth-order valence-corrected chi connectivity index (χ4v) is 3.25. The van der Waals surface area contributed by atoms with Gasteiger partial charge < -0.3 is 5.32 Å². The predicted octanol–water partition coefficient (Wildman–Crippen LogP) is 0.869. The van der Waals surface area contributed by atoms with Gasteiger partial charge in [-0.25, -0.2) is 4.79 Å². The quantitative estimate of drug-likeness (QED) is 0.853. The van der Waals surface area contributed by atoms with Crippen molar-refractivity contribution >= 4 is 22.4 Å². The molecule has 0 aromatic carbocycles. The van der Waals surface area contributed by atoms with E-state index in [4.69, 9.17) is 0 Å². The van der Waals surface area contributed by atoms with Crippen molar-refractivity contribution in [3.8, 4) is 0 Å². The van der Waals surface area contributed by atoms with E-state index in [-0.39, 0.29) is 6.03 Å². The average molecular weight is 266 g/mol. The number of carbonyl (C=O) groups excluding carboxylic acids is 1. The lowest BCUT2D eigenvalue weighted by Gasteiger charge is -2.47. The molecule has 4 heterocycles. The number of nitrogens with zero attached hydrogens (tertiary/aromatic N) is 2. The lowest BCUT2D eigenvalue weighted by atomic mass is 10.1. The fourth-order valence-electron chi connectivity index (χ4n) is 2.63. The van der Waals surface area contributed by atoms with Crippen molar-refractivity contribution in [2.75, 3.05) is 44.6 Å². The number of hydrogen-bond acceptors (Lipinski definition) is 4. The lowest BCUT2D eigenvalue weighted by molar-refractivity contribution is 0.0149. The van der Waals surface area contributed by atoms with Crippen LogP contribution in [0.5, 0.6) is 0 Å². The summed E-state index contributed by atoms with van der Waals surface area (Å²) in [6, 6.07) is 4.21. The summed E-state index contributed by atoms with van der Waals surface area (Å²) in [5.41, 5.74) is 0. The number of piperazine rings is 3. The lowest BCUT2D eigenvalue weighted by Crippen LogP contribution is -2.63. The number of thiophene rings is 1. The third kappa shape index (κ3) is 2.66. The number of amides is 2. The largest absolute Gasteiger partial charge is 0.336 e. The number of fused-ring (bicyclic) bond motifs is 3. The molecule has 18 heavy (non-hydrogen) atoms. The smallest absolute Gasteiger partial charge is 0.319 e. The molecule has 0 spiro atoms. The second kappa shape index (κ2) is 5.26. The van der Waals surface area contributed by atoms with Crippen LogP contribution in [0.2, 0.25) is 0 Å². The summed E-state index contributed by atoms with van der Waals surface area (Å²) in [6.45, 7) is 6.44. The molecule has 0 radical (unpaired) electrons. The van der Waals surface area contributed by atoms with Gasteiger partial charge in [0.1, 0.15) is 0 Å². The fraction of sp³-hybridized carbons (Fsp3) is 0.583. The monoisotopic (exact) mass is 266 g/mol. The third-order valence-electron chi connectivity index (χ3n) is 3.65. The highest BCUT2D eigenvalue weighted by molar-refractivity contribution is 7.14. The van der Waals surface area contributed by atoms with Crippen LogP contribution in [0, 0.1) is 0 Å². The Morgan fingerprint density at radius 3 is 2.83 bits per heavy atom. The van der Waals surface area contributed by atoms with E-state index in [1.54, 1.807) is 0 Å². The highest BCUT2D eigenvalue weighted by Crippen LogP contribution is 2.16. The van der Waals surface area contributed by atoms with Crippen LogP contribution in [0.4, 0.5) is 9.80 Å². The first-order valence-electron chi connectivity index (χ1n) is 6.36. The van der Waals surface area contributed by atoms with Crippen molar-refractivity contribution in [2.45, 2.75) is 6.04 Å². The van der Waals surface area contributed by atoms with Crippen LogP contribution in [0.15, 0.2) is 17.5 Å². The summed E-state index contributed by atoms with van der Waals surface area (Å²) >= 11 is 1.53. The Labute approximate surface area is 111 Å². The Bertz CT molecular complexity index is 400. The summed E-state index contributed by atoms with van der Waals surface area (Å²) in [7, 11) is 0. The molecule has 2 amide bonds. The van der Waals surface area contributed by atoms with Crippen LogP contribution in [0.25, 0.3) is 0 Å². The molecule has 4 rings (SSSR count). The Balaban J connectivity index is 1.45. The van der Waals surface area contributed by atoms with Gasteiger partial charge in [0, 0.05) is 45.3 Å². The standard InChI is InChI=1S/C12H18N4OS/c17-12(14-11-2-1-7-18-11)13-8-10-9-15-3-5-16(10)6-4-15/h1-2,7,10H,3-6,8-9H2,(H2,13,14,17). The number of rotatable bonds is 3. The van der Waals surface area contributed by atoms with Crippen LogP contribution < -0.4 is 10.6 Å². The van der Waals surface area contributed by atoms with Crippen molar-refractivity contribution in [2.24, 2.45) is 0 Å². The zero-order chi connectivity index (χ0) is 12.4. The molecular formula is C12H18N4OS. The number of anilines is 1. The van der Waals surface area contributed by atoms with Gasteiger partial charge in [0.25, 0.3) is 0 Å². The third-order valence-corrected chi connectivity index (χ3v) is 4.43. The number of urea groups is 1. The zero-order valence-corrected chi connectivity index (χ0v) is 11.1. The molecule has 2 N–H and O–H groups in total. The first-order chi connectivity index (χ1) is 8.81. The van der Waals surface area contributed by atoms with Crippen molar-refractivity contribution in [3.05, 3.63) is 17.5 Å². The van der Waals surface area contributed by atoms with Gasteiger partial charge in [-0.2, -0.15) is 0 Å².